The minimum atomic E-state index is -2.31. The fourth-order valence-electron chi connectivity index (χ4n) is 1.97. The third kappa shape index (κ3) is 10.1. The van der Waals surface area contributed by atoms with Crippen LogP contribution in [0.1, 0.15) is 78.6 Å². The summed E-state index contributed by atoms with van der Waals surface area (Å²) in [7, 11) is -2.31. The van der Waals surface area contributed by atoms with E-state index >= 15 is 0 Å². The van der Waals surface area contributed by atoms with Crippen molar-refractivity contribution in [3.8, 4) is 0 Å². The minimum absolute atomic E-state index is 0.687. The van der Waals surface area contributed by atoms with E-state index in [0.29, 0.717) is 6.61 Å². The Morgan fingerprint density at radius 1 is 0.722 bits per heavy atom. The van der Waals surface area contributed by atoms with Gasteiger partial charge >= 0.3 is 0 Å². The van der Waals surface area contributed by atoms with Crippen molar-refractivity contribution in [2.75, 3.05) is 18.9 Å². The average Bonchev–Trinajstić information content (AvgIpc) is 2.37. The van der Waals surface area contributed by atoms with Gasteiger partial charge in [0.25, 0.3) is 0 Å². The van der Waals surface area contributed by atoms with Crippen LogP contribution < -0.4 is 0 Å². The van der Waals surface area contributed by atoms with E-state index in [1.165, 1.54) is 25.7 Å². The van der Waals surface area contributed by atoms with E-state index in [0.717, 1.165) is 44.4 Å². The molecule has 0 saturated heterocycles. The number of rotatable bonds is 13. The Hall–Kier alpha value is 0.190. The van der Waals surface area contributed by atoms with Crippen LogP contribution in [0.3, 0.4) is 0 Å². The lowest BCUT2D eigenvalue weighted by Gasteiger charge is -2.18. The third-order valence-electron chi connectivity index (χ3n) is 3.28. The standard InChI is InChI=1S/C15H33O2P/c1-4-7-10-11-12-15-18(16,14-9-6-3)17-13-8-5-2/h4-15H2,1-3H3. The van der Waals surface area contributed by atoms with Crippen molar-refractivity contribution in [2.45, 2.75) is 78.6 Å². The molecule has 2 nitrogen and oxygen atoms in total. The molecular weight excluding hydrogens is 243 g/mol. The van der Waals surface area contributed by atoms with E-state index in [2.05, 4.69) is 20.8 Å². The first-order valence-electron chi connectivity index (χ1n) is 7.91. The molecule has 18 heavy (non-hydrogen) atoms. The van der Waals surface area contributed by atoms with Crippen LogP contribution in [-0.2, 0) is 9.09 Å². The van der Waals surface area contributed by atoms with E-state index in [1.54, 1.807) is 0 Å². The van der Waals surface area contributed by atoms with Gasteiger partial charge < -0.3 is 4.52 Å². The van der Waals surface area contributed by atoms with Crippen LogP contribution >= 0.6 is 7.37 Å². The van der Waals surface area contributed by atoms with Gasteiger partial charge in [0.05, 0.1) is 6.61 Å². The molecule has 1 atom stereocenters. The molecule has 0 saturated carbocycles. The summed E-state index contributed by atoms with van der Waals surface area (Å²) in [5, 5.41) is 0. The Morgan fingerprint density at radius 2 is 1.28 bits per heavy atom. The van der Waals surface area contributed by atoms with Crippen molar-refractivity contribution in [1.29, 1.82) is 0 Å². The third-order valence-corrected chi connectivity index (χ3v) is 5.93. The largest absolute Gasteiger partial charge is 0.328 e. The van der Waals surface area contributed by atoms with Crippen molar-refractivity contribution >= 4 is 7.37 Å². The monoisotopic (exact) mass is 276 g/mol. The Labute approximate surface area is 114 Å². The summed E-state index contributed by atoms with van der Waals surface area (Å²) in [5.74, 6) is 0. The predicted molar refractivity (Wildman–Crippen MR) is 81.9 cm³/mol. The Kier molecular flexibility index (Phi) is 12.4. The second-order valence-corrected chi connectivity index (χ2v) is 8.00. The molecule has 0 aromatic rings. The van der Waals surface area contributed by atoms with Crippen LogP contribution in [0, 0.1) is 0 Å². The van der Waals surface area contributed by atoms with Gasteiger partial charge in [0.1, 0.15) is 0 Å². The topological polar surface area (TPSA) is 26.3 Å². The molecule has 0 aliphatic carbocycles. The molecule has 0 aromatic heterocycles. The smallest absolute Gasteiger partial charge is 0.203 e. The van der Waals surface area contributed by atoms with Crippen LogP contribution in [0.15, 0.2) is 0 Å². The zero-order chi connectivity index (χ0) is 13.7. The molecule has 0 bridgehead atoms. The maximum absolute atomic E-state index is 12.7. The summed E-state index contributed by atoms with van der Waals surface area (Å²) < 4.78 is 18.4. The van der Waals surface area contributed by atoms with E-state index in [-0.39, 0.29) is 0 Å². The van der Waals surface area contributed by atoms with Gasteiger partial charge in [-0.25, -0.2) is 0 Å². The molecule has 0 aliphatic rings. The zero-order valence-corrected chi connectivity index (χ0v) is 13.6. The molecule has 0 radical (unpaired) electrons. The molecule has 0 aliphatic heterocycles. The Balaban J connectivity index is 3.91. The van der Waals surface area contributed by atoms with Crippen molar-refractivity contribution < 1.29 is 9.09 Å². The first kappa shape index (κ1) is 18.2. The van der Waals surface area contributed by atoms with Crippen LogP contribution in [-0.4, -0.2) is 18.9 Å². The highest BCUT2D eigenvalue weighted by Gasteiger charge is 2.21. The van der Waals surface area contributed by atoms with Gasteiger partial charge in [-0.05, 0) is 19.3 Å². The van der Waals surface area contributed by atoms with Gasteiger partial charge in [0, 0.05) is 12.3 Å². The van der Waals surface area contributed by atoms with Crippen LogP contribution in [0.4, 0.5) is 0 Å². The molecule has 0 N–H and O–H groups in total. The summed E-state index contributed by atoms with van der Waals surface area (Å²) in [6, 6.07) is 0. The van der Waals surface area contributed by atoms with Crippen molar-refractivity contribution in [3.63, 3.8) is 0 Å². The van der Waals surface area contributed by atoms with Crippen LogP contribution in [0.2, 0.25) is 0 Å². The highest BCUT2D eigenvalue weighted by Crippen LogP contribution is 2.48. The molecule has 0 fully saturated rings. The quantitative estimate of drug-likeness (QED) is 0.311. The van der Waals surface area contributed by atoms with Gasteiger partial charge in [-0.1, -0.05) is 59.3 Å². The average molecular weight is 276 g/mol. The van der Waals surface area contributed by atoms with Gasteiger partial charge in [-0.3, -0.25) is 4.57 Å². The summed E-state index contributed by atoms with van der Waals surface area (Å²) in [5.41, 5.74) is 0. The van der Waals surface area contributed by atoms with Crippen molar-refractivity contribution in [3.05, 3.63) is 0 Å². The Morgan fingerprint density at radius 3 is 1.89 bits per heavy atom. The highest BCUT2D eigenvalue weighted by atomic mass is 31.2. The molecule has 110 valence electrons. The van der Waals surface area contributed by atoms with Gasteiger partial charge in [0.15, 0.2) is 0 Å². The summed E-state index contributed by atoms with van der Waals surface area (Å²) in [6.07, 6.45) is 12.0. The minimum Gasteiger partial charge on any atom is -0.328 e. The summed E-state index contributed by atoms with van der Waals surface area (Å²) in [4.78, 5) is 0. The maximum atomic E-state index is 12.7. The van der Waals surface area contributed by atoms with Gasteiger partial charge in [-0.15, -0.1) is 0 Å². The van der Waals surface area contributed by atoms with E-state index in [9.17, 15) is 4.57 Å². The molecule has 0 rings (SSSR count). The molecule has 1 unspecified atom stereocenters. The number of unbranched alkanes of at least 4 members (excludes halogenated alkanes) is 6. The van der Waals surface area contributed by atoms with Gasteiger partial charge in [-0.2, -0.15) is 0 Å². The zero-order valence-electron chi connectivity index (χ0n) is 12.7. The van der Waals surface area contributed by atoms with Crippen LogP contribution in [0.5, 0.6) is 0 Å². The molecular formula is C15H33O2P. The lowest BCUT2D eigenvalue weighted by molar-refractivity contribution is 0.304. The highest BCUT2D eigenvalue weighted by molar-refractivity contribution is 7.58. The van der Waals surface area contributed by atoms with Crippen molar-refractivity contribution in [1.82, 2.24) is 0 Å². The molecule has 0 spiro atoms. The normalized spacial score (nSPS) is 14.6. The lowest BCUT2D eigenvalue weighted by Crippen LogP contribution is -2.02. The maximum Gasteiger partial charge on any atom is 0.203 e. The fraction of sp³-hybridized carbons (Fsp3) is 1.00. The second kappa shape index (κ2) is 12.2. The van der Waals surface area contributed by atoms with E-state index < -0.39 is 7.37 Å². The first-order chi connectivity index (χ1) is 8.68. The second-order valence-electron chi connectivity index (χ2n) is 5.22. The van der Waals surface area contributed by atoms with Crippen molar-refractivity contribution in [2.24, 2.45) is 0 Å². The summed E-state index contributed by atoms with van der Waals surface area (Å²) >= 11 is 0. The predicted octanol–water partition coefficient (Wildman–Crippen LogP) is 5.85. The lowest BCUT2D eigenvalue weighted by atomic mass is 10.2. The number of hydrogen-bond donors (Lipinski definition) is 0. The van der Waals surface area contributed by atoms with Gasteiger partial charge in [0.2, 0.25) is 7.37 Å². The van der Waals surface area contributed by atoms with Crippen LogP contribution in [0.25, 0.3) is 0 Å². The Bertz CT molecular complexity index is 217. The molecule has 0 amide bonds. The fourth-order valence-corrected chi connectivity index (χ4v) is 4.42. The molecule has 0 aromatic carbocycles. The van der Waals surface area contributed by atoms with E-state index in [4.69, 9.17) is 4.52 Å². The summed E-state index contributed by atoms with van der Waals surface area (Å²) in [6.45, 7) is 7.20. The first-order valence-corrected chi connectivity index (χ1v) is 9.90. The molecule has 3 heteroatoms. The van der Waals surface area contributed by atoms with E-state index in [1.807, 2.05) is 0 Å². The molecule has 0 heterocycles. The number of hydrogen-bond acceptors (Lipinski definition) is 2. The SMILES string of the molecule is CCCCCCCP(=O)(CCCC)OCCCC.